The second kappa shape index (κ2) is 6.36. The molecule has 1 aromatic heterocycles. The van der Waals surface area contributed by atoms with Crippen molar-refractivity contribution in [3.8, 4) is 11.3 Å². The van der Waals surface area contributed by atoms with E-state index < -0.39 is 0 Å². The number of amides is 1. The zero-order chi connectivity index (χ0) is 16.4. The summed E-state index contributed by atoms with van der Waals surface area (Å²) in [6.45, 7) is 0. The molecule has 1 heterocycles. The van der Waals surface area contributed by atoms with Gasteiger partial charge in [-0.1, -0.05) is 23.2 Å². The van der Waals surface area contributed by atoms with Crippen LogP contribution in [0.15, 0.2) is 59.0 Å². The van der Waals surface area contributed by atoms with Gasteiger partial charge in [0.2, 0.25) is 0 Å². The van der Waals surface area contributed by atoms with Gasteiger partial charge in [-0.3, -0.25) is 4.79 Å². The fourth-order valence-electron chi connectivity index (χ4n) is 2.04. The molecule has 0 aliphatic heterocycles. The average Bonchev–Trinajstić information content (AvgIpc) is 3.02. The zero-order valence-electron chi connectivity index (χ0n) is 11.8. The first-order valence-electron chi connectivity index (χ1n) is 6.75. The van der Waals surface area contributed by atoms with Crippen molar-refractivity contribution >= 4 is 40.5 Å². The molecule has 4 nitrogen and oxygen atoms in total. The van der Waals surface area contributed by atoms with Crippen LogP contribution in [0.3, 0.4) is 0 Å². The highest BCUT2D eigenvalue weighted by atomic mass is 35.5. The number of nitrogen functional groups attached to an aromatic ring is 1. The molecule has 0 fully saturated rings. The fourth-order valence-corrected chi connectivity index (χ4v) is 2.29. The van der Waals surface area contributed by atoms with Crippen LogP contribution in [0, 0.1) is 0 Å². The smallest absolute Gasteiger partial charge is 0.291 e. The van der Waals surface area contributed by atoms with Crippen molar-refractivity contribution in [1.82, 2.24) is 0 Å². The summed E-state index contributed by atoms with van der Waals surface area (Å²) in [6, 6.07) is 15.4. The minimum Gasteiger partial charge on any atom is -0.451 e. The van der Waals surface area contributed by atoms with Gasteiger partial charge in [-0.2, -0.15) is 0 Å². The predicted octanol–water partition coefficient (Wildman–Crippen LogP) is 5.09. The van der Waals surface area contributed by atoms with Gasteiger partial charge in [-0.25, -0.2) is 0 Å². The summed E-state index contributed by atoms with van der Waals surface area (Å²) in [5, 5.41) is 3.78. The molecule has 0 radical (unpaired) electrons. The topological polar surface area (TPSA) is 68.3 Å². The fraction of sp³-hybridized carbons (Fsp3) is 0. The molecule has 0 saturated heterocycles. The lowest BCUT2D eigenvalue weighted by Gasteiger charge is -2.05. The molecular formula is C17H12Cl2N2O2. The van der Waals surface area contributed by atoms with Gasteiger partial charge in [-0.05, 0) is 54.6 Å². The van der Waals surface area contributed by atoms with Crippen molar-refractivity contribution in [2.45, 2.75) is 0 Å². The van der Waals surface area contributed by atoms with Crippen LogP contribution < -0.4 is 11.1 Å². The van der Waals surface area contributed by atoms with E-state index in [1.807, 2.05) is 12.1 Å². The van der Waals surface area contributed by atoms with Crippen LogP contribution in [0.4, 0.5) is 11.4 Å². The van der Waals surface area contributed by atoms with E-state index in [2.05, 4.69) is 5.32 Å². The Kier molecular flexibility index (Phi) is 4.28. The number of hydrogen-bond acceptors (Lipinski definition) is 3. The standard InChI is InChI=1S/C17H12Cl2N2O2/c18-11-3-1-10(2-4-11)15-7-8-16(23-15)17(22)21-12-5-6-13(19)14(20)9-12/h1-9H,20H2,(H,21,22). The van der Waals surface area contributed by atoms with Gasteiger partial charge in [0.1, 0.15) is 5.76 Å². The number of nitrogens with one attached hydrogen (secondary N) is 1. The number of furan rings is 1. The van der Waals surface area contributed by atoms with Crippen molar-refractivity contribution in [3.63, 3.8) is 0 Å². The minimum atomic E-state index is -0.369. The van der Waals surface area contributed by atoms with Crippen LogP contribution in [0.1, 0.15) is 10.6 Å². The van der Waals surface area contributed by atoms with E-state index >= 15 is 0 Å². The van der Waals surface area contributed by atoms with E-state index in [-0.39, 0.29) is 11.7 Å². The van der Waals surface area contributed by atoms with Crippen molar-refractivity contribution in [3.05, 3.63) is 70.4 Å². The molecule has 0 spiro atoms. The molecule has 0 unspecified atom stereocenters. The van der Waals surface area contributed by atoms with Gasteiger partial charge in [0, 0.05) is 16.3 Å². The van der Waals surface area contributed by atoms with Crippen LogP contribution in [-0.4, -0.2) is 5.91 Å². The highest BCUT2D eigenvalue weighted by molar-refractivity contribution is 6.33. The number of carbonyl (C=O) groups is 1. The molecule has 3 rings (SSSR count). The SMILES string of the molecule is Nc1cc(NC(=O)c2ccc(-c3ccc(Cl)cc3)o2)ccc1Cl. The van der Waals surface area contributed by atoms with Crippen LogP contribution in [-0.2, 0) is 0 Å². The Morgan fingerprint density at radius 3 is 2.43 bits per heavy atom. The number of halogens is 2. The summed E-state index contributed by atoms with van der Waals surface area (Å²) in [5.74, 6) is 0.415. The molecule has 2 aromatic carbocycles. The van der Waals surface area contributed by atoms with Gasteiger partial charge in [-0.15, -0.1) is 0 Å². The first kappa shape index (κ1) is 15.5. The Morgan fingerprint density at radius 2 is 1.74 bits per heavy atom. The van der Waals surface area contributed by atoms with Crippen molar-refractivity contribution in [2.75, 3.05) is 11.1 Å². The summed E-state index contributed by atoms with van der Waals surface area (Å²) < 4.78 is 5.59. The van der Waals surface area contributed by atoms with Crippen LogP contribution in [0.5, 0.6) is 0 Å². The van der Waals surface area contributed by atoms with E-state index in [1.54, 1.807) is 42.5 Å². The number of hydrogen-bond donors (Lipinski definition) is 2. The van der Waals surface area contributed by atoms with Crippen molar-refractivity contribution < 1.29 is 9.21 Å². The molecular weight excluding hydrogens is 335 g/mol. The highest BCUT2D eigenvalue weighted by Crippen LogP contribution is 2.25. The Balaban J connectivity index is 1.78. The van der Waals surface area contributed by atoms with Crippen LogP contribution in [0.2, 0.25) is 10.0 Å². The van der Waals surface area contributed by atoms with Gasteiger partial charge in [0.25, 0.3) is 5.91 Å². The van der Waals surface area contributed by atoms with Crippen LogP contribution in [0.25, 0.3) is 11.3 Å². The Bertz CT molecular complexity index is 857. The summed E-state index contributed by atoms with van der Waals surface area (Å²) in [4.78, 5) is 12.2. The molecule has 0 saturated carbocycles. The third kappa shape index (κ3) is 3.50. The summed E-state index contributed by atoms with van der Waals surface area (Å²) in [5.41, 5.74) is 7.48. The number of rotatable bonds is 3. The van der Waals surface area contributed by atoms with Gasteiger partial charge >= 0.3 is 0 Å². The minimum absolute atomic E-state index is 0.198. The lowest BCUT2D eigenvalue weighted by Crippen LogP contribution is -2.11. The number of nitrogens with two attached hydrogens (primary N) is 1. The molecule has 0 aliphatic carbocycles. The number of anilines is 2. The quantitative estimate of drug-likeness (QED) is 0.649. The molecule has 6 heteroatoms. The Hall–Kier alpha value is -2.43. The van der Waals surface area contributed by atoms with E-state index in [1.165, 1.54) is 0 Å². The molecule has 23 heavy (non-hydrogen) atoms. The summed E-state index contributed by atoms with van der Waals surface area (Å²) in [7, 11) is 0. The predicted molar refractivity (Wildman–Crippen MR) is 93.0 cm³/mol. The Morgan fingerprint density at radius 1 is 1.00 bits per heavy atom. The van der Waals surface area contributed by atoms with Gasteiger partial charge in [0.15, 0.2) is 5.76 Å². The number of carbonyl (C=O) groups excluding carboxylic acids is 1. The zero-order valence-corrected chi connectivity index (χ0v) is 13.4. The lowest BCUT2D eigenvalue weighted by molar-refractivity contribution is 0.0997. The van der Waals surface area contributed by atoms with Crippen molar-refractivity contribution in [1.29, 1.82) is 0 Å². The molecule has 116 valence electrons. The van der Waals surface area contributed by atoms with E-state index in [9.17, 15) is 4.79 Å². The van der Waals surface area contributed by atoms with E-state index in [0.717, 1.165) is 5.56 Å². The summed E-state index contributed by atoms with van der Waals surface area (Å²) in [6.07, 6.45) is 0. The molecule has 3 N–H and O–H groups in total. The molecule has 0 atom stereocenters. The lowest BCUT2D eigenvalue weighted by atomic mass is 10.2. The second-order valence-corrected chi connectivity index (χ2v) is 5.70. The summed E-state index contributed by atoms with van der Waals surface area (Å²) >= 11 is 11.7. The third-order valence-electron chi connectivity index (χ3n) is 3.21. The van der Waals surface area contributed by atoms with E-state index in [4.69, 9.17) is 33.4 Å². The maximum atomic E-state index is 12.2. The van der Waals surface area contributed by atoms with Crippen LogP contribution >= 0.6 is 23.2 Å². The highest BCUT2D eigenvalue weighted by Gasteiger charge is 2.13. The maximum Gasteiger partial charge on any atom is 0.291 e. The molecule has 3 aromatic rings. The largest absolute Gasteiger partial charge is 0.451 e. The average molecular weight is 347 g/mol. The third-order valence-corrected chi connectivity index (χ3v) is 3.81. The van der Waals surface area contributed by atoms with E-state index in [0.29, 0.717) is 27.2 Å². The van der Waals surface area contributed by atoms with Crippen molar-refractivity contribution in [2.24, 2.45) is 0 Å². The first-order valence-corrected chi connectivity index (χ1v) is 7.51. The molecule has 1 amide bonds. The second-order valence-electron chi connectivity index (χ2n) is 4.86. The number of benzene rings is 2. The van der Waals surface area contributed by atoms with Gasteiger partial charge < -0.3 is 15.5 Å². The monoisotopic (exact) mass is 346 g/mol. The maximum absolute atomic E-state index is 12.2. The molecule has 0 aliphatic rings. The normalized spacial score (nSPS) is 10.5. The Labute approximate surface area is 142 Å². The molecule has 0 bridgehead atoms. The first-order chi connectivity index (χ1) is 11.0. The van der Waals surface area contributed by atoms with Gasteiger partial charge in [0.05, 0.1) is 10.7 Å².